The summed E-state index contributed by atoms with van der Waals surface area (Å²) in [6.45, 7) is 1.05. The second kappa shape index (κ2) is 5.71. The third kappa shape index (κ3) is 2.59. The normalized spacial score (nSPS) is 16.9. The van der Waals surface area contributed by atoms with Gasteiger partial charge in [0.2, 0.25) is 0 Å². The highest BCUT2D eigenvalue weighted by Gasteiger charge is 2.14. The number of likely N-dealkylation sites (N-methyl/N-ethyl adjacent to an activating group) is 1. The summed E-state index contributed by atoms with van der Waals surface area (Å²) in [6, 6.07) is 6.65. The van der Waals surface area contributed by atoms with Crippen LogP contribution in [0.4, 0.5) is 0 Å². The van der Waals surface area contributed by atoms with Gasteiger partial charge in [-0.15, -0.1) is 11.8 Å². The molecule has 0 fully saturated rings. The molecule has 1 atom stereocenters. The van der Waals surface area contributed by atoms with E-state index in [1.54, 1.807) is 0 Å². The zero-order valence-corrected chi connectivity index (χ0v) is 10.5. The molecular weight excluding hydrogens is 218 g/mol. The Hall–Kier alpha value is -0.510. The van der Waals surface area contributed by atoms with Crippen molar-refractivity contribution in [1.29, 1.82) is 0 Å². The minimum Gasteiger partial charge on any atom is -0.396 e. The molecule has 0 amide bonds. The number of aryl methyl sites for hydroxylation is 1. The van der Waals surface area contributed by atoms with E-state index >= 15 is 0 Å². The number of hydrogen-bond acceptors (Lipinski definition) is 3. The molecule has 2 N–H and O–H groups in total. The molecule has 0 saturated carbocycles. The fourth-order valence-corrected chi connectivity index (χ4v) is 3.19. The van der Waals surface area contributed by atoms with Crippen molar-refractivity contribution in [3.8, 4) is 0 Å². The van der Waals surface area contributed by atoms with Crippen LogP contribution < -0.4 is 5.32 Å². The van der Waals surface area contributed by atoms with Gasteiger partial charge < -0.3 is 10.4 Å². The van der Waals surface area contributed by atoms with E-state index in [0.717, 1.165) is 6.54 Å². The Morgan fingerprint density at radius 1 is 1.50 bits per heavy atom. The minimum absolute atomic E-state index is 0.215. The van der Waals surface area contributed by atoms with E-state index in [1.165, 1.54) is 34.6 Å². The number of aliphatic hydroxyl groups is 1. The van der Waals surface area contributed by atoms with Gasteiger partial charge in [0.15, 0.2) is 0 Å². The lowest BCUT2D eigenvalue weighted by Gasteiger charge is -2.19. The van der Waals surface area contributed by atoms with Crippen molar-refractivity contribution in [1.82, 2.24) is 5.32 Å². The molecule has 0 spiro atoms. The Balaban J connectivity index is 2.21. The summed E-state index contributed by atoms with van der Waals surface area (Å²) < 4.78 is 0. The smallest absolute Gasteiger partial charge is 0.0511 e. The van der Waals surface area contributed by atoms with E-state index in [9.17, 15) is 5.11 Å². The predicted molar refractivity (Wildman–Crippen MR) is 69.2 cm³/mol. The van der Waals surface area contributed by atoms with Gasteiger partial charge in [-0.1, -0.05) is 12.1 Å². The standard InChI is InChI=1S/C13H19NOS/c1-14-8-12(9-15)10-4-5-13-11(7-10)3-2-6-16-13/h4-5,7,12,14-15H,2-3,6,8-9H2,1H3. The van der Waals surface area contributed by atoms with Gasteiger partial charge >= 0.3 is 0 Å². The highest BCUT2D eigenvalue weighted by Crippen LogP contribution is 2.31. The molecule has 0 radical (unpaired) electrons. The Kier molecular flexibility index (Phi) is 4.27. The van der Waals surface area contributed by atoms with Crippen LogP contribution in [0.2, 0.25) is 0 Å². The molecule has 88 valence electrons. The van der Waals surface area contributed by atoms with E-state index in [2.05, 4.69) is 23.5 Å². The number of rotatable bonds is 4. The maximum absolute atomic E-state index is 9.37. The van der Waals surface area contributed by atoms with Crippen molar-refractivity contribution >= 4 is 11.8 Å². The average molecular weight is 237 g/mol. The van der Waals surface area contributed by atoms with E-state index in [-0.39, 0.29) is 12.5 Å². The van der Waals surface area contributed by atoms with Crippen molar-refractivity contribution in [3.63, 3.8) is 0 Å². The van der Waals surface area contributed by atoms with Crippen molar-refractivity contribution in [2.75, 3.05) is 26.0 Å². The quantitative estimate of drug-likeness (QED) is 0.840. The van der Waals surface area contributed by atoms with Crippen LogP contribution in [0.25, 0.3) is 0 Å². The maximum Gasteiger partial charge on any atom is 0.0511 e. The van der Waals surface area contributed by atoms with Crippen molar-refractivity contribution < 1.29 is 5.11 Å². The number of aliphatic hydroxyl groups excluding tert-OH is 1. The molecule has 2 nitrogen and oxygen atoms in total. The lowest BCUT2D eigenvalue weighted by Crippen LogP contribution is -2.20. The van der Waals surface area contributed by atoms with Gasteiger partial charge in [-0.2, -0.15) is 0 Å². The second-order valence-electron chi connectivity index (χ2n) is 4.26. The number of thioether (sulfide) groups is 1. The third-order valence-electron chi connectivity index (χ3n) is 3.07. The van der Waals surface area contributed by atoms with E-state index in [4.69, 9.17) is 0 Å². The molecule has 1 heterocycles. The van der Waals surface area contributed by atoms with Crippen LogP contribution in [0, 0.1) is 0 Å². The molecule has 0 bridgehead atoms. The minimum atomic E-state index is 0.215. The molecule has 1 aromatic rings. The molecule has 2 rings (SSSR count). The summed E-state index contributed by atoms with van der Waals surface area (Å²) in [6.07, 6.45) is 2.46. The molecule has 3 heteroatoms. The van der Waals surface area contributed by atoms with Crippen molar-refractivity contribution in [2.24, 2.45) is 0 Å². The van der Waals surface area contributed by atoms with Gasteiger partial charge in [0, 0.05) is 17.4 Å². The summed E-state index contributed by atoms with van der Waals surface area (Å²) in [5.74, 6) is 1.47. The van der Waals surface area contributed by atoms with Gasteiger partial charge in [-0.05, 0) is 42.8 Å². The van der Waals surface area contributed by atoms with E-state index in [0.29, 0.717) is 0 Å². The number of benzene rings is 1. The van der Waals surface area contributed by atoms with Crippen LogP contribution in [0.3, 0.4) is 0 Å². The summed E-state index contributed by atoms with van der Waals surface area (Å²) in [7, 11) is 1.93. The first-order valence-electron chi connectivity index (χ1n) is 5.86. The van der Waals surface area contributed by atoms with Gasteiger partial charge in [0.1, 0.15) is 0 Å². The summed E-state index contributed by atoms with van der Waals surface area (Å²) in [4.78, 5) is 1.43. The van der Waals surface area contributed by atoms with Crippen LogP contribution in [-0.2, 0) is 6.42 Å². The van der Waals surface area contributed by atoms with Gasteiger partial charge in [0.25, 0.3) is 0 Å². The topological polar surface area (TPSA) is 32.3 Å². The Bertz CT molecular complexity index is 354. The molecule has 1 aliphatic rings. The molecule has 0 aliphatic carbocycles. The second-order valence-corrected chi connectivity index (χ2v) is 5.39. The number of hydrogen-bond donors (Lipinski definition) is 2. The van der Waals surface area contributed by atoms with Crippen molar-refractivity contribution in [2.45, 2.75) is 23.7 Å². The Morgan fingerprint density at radius 3 is 3.12 bits per heavy atom. The molecule has 1 aromatic carbocycles. The molecule has 0 saturated heterocycles. The monoisotopic (exact) mass is 237 g/mol. The highest BCUT2D eigenvalue weighted by atomic mass is 32.2. The molecule has 1 aliphatic heterocycles. The predicted octanol–water partition coefficient (Wildman–Crippen LogP) is 2.02. The average Bonchev–Trinajstić information content (AvgIpc) is 2.35. The SMILES string of the molecule is CNCC(CO)c1ccc2c(c1)CCCS2. The number of fused-ring (bicyclic) bond motifs is 1. The largest absolute Gasteiger partial charge is 0.396 e. The zero-order valence-electron chi connectivity index (χ0n) is 9.70. The Labute approximate surface area is 101 Å². The third-order valence-corrected chi connectivity index (χ3v) is 4.28. The first-order chi connectivity index (χ1) is 7.85. The van der Waals surface area contributed by atoms with Gasteiger partial charge in [-0.3, -0.25) is 0 Å². The van der Waals surface area contributed by atoms with E-state index < -0.39 is 0 Å². The first-order valence-corrected chi connectivity index (χ1v) is 6.84. The van der Waals surface area contributed by atoms with Crippen LogP contribution in [0.5, 0.6) is 0 Å². The number of nitrogens with one attached hydrogen (secondary N) is 1. The maximum atomic E-state index is 9.37. The molecule has 0 aromatic heterocycles. The lowest BCUT2D eigenvalue weighted by molar-refractivity contribution is 0.263. The summed E-state index contributed by atoms with van der Waals surface area (Å²) in [5.41, 5.74) is 2.72. The lowest BCUT2D eigenvalue weighted by atomic mass is 9.96. The first kappa shape index (κ1) is 12.0. The van der Waals surface area contributed by atoms with Crippen LogP contribution in [0.1, 0.15) is 23.5 Å². The van der Waals surface area contributed by atoms with Crippen molar-refractivity contribution in [3.05, 3.63) is 29.3 Å². The molecule has 16 heavy (non-hydrogen) atoms. The fraction of sp³-hybridized carbons (Fsp3) is 0.538. The van der Waals surface area contributed by atoms with Crippen LogP contribution in [0.15, 0.2) is 23.1 Å². The molecule has 1 unspecified atom stereocenters. The van der Waals surface area contributed by atoms with Crippen LogP contribution in [-0.4, -0.2) is 31.1 Å². The van der Waals surface area contributed by atoms with Gasteiger partial charge in [0.05, 0.1) is 6.61 Å². The zero-order chi connectivity index (χ0) is 11.4. The van der Waals surface area contributed by atoms with Gasteiger partial charge in [-0.25, -0.2) is 0 Å². The summed E-state index contributed by atoms with van der Waals surface area (Å²) in [5, 5.41) is 12.5. The Morgan fingerprint density at radius 2 is 2.38 bits per heavy atom. The molecular formula is C13H19NOS. The fourth-order valence-electron chi connectivity index (χ4n) is 2.17. The van der Waals surface area contributed by atoms with Crippen LogP contribution >= 0.6 is 11.8 Å². The highest BCUT2D eigenvalue weighted by molar-refractivity contribution is 7.99. The van der Waals surface area contributed by atoms with E-state index in [1.807, 2.05) is 18.8 Å². The summed E-state index contributed by atoms with van der Waals surface area (Å²) >= 11 is 1.95.